The number of hydrogen-bond donors (Lipinski definition) is 1. The Hall–Kier alpha value is -2.87. The molecule has 0 bridgehead atoms. The molecule has 6 nitrogen and oxygen atoms in total. The first-order valence-electron chi connectivity index (χ1n) is 7.39. The minimum absolute atomic E-state index is 0.0510. The van der Waals surface area contributed by atoms with Crippen LogP contribution < -0.4 is 5.73 Å². The van der Waals surface area contributed by atoms with Crippen LogP contribution in [0.15, 0.2) is 47.3 Å². The van der Waals surface area contributed by atoms with E-state index in [4.69, 9.17) is 5.73 Å². The summed E-state index contributed by atoms with van der Waals surface area (Å²) in [7, 11) is 1.89. The van der Waals surface area contributed by atoms with E-state index >= 15 is 0 Å². The third-order valence-corrected chi connectivity index (χ3v) is 4.32. The van der Waals surface area contributed by atoms with Crippen molar-refractivity contribution in [3.05, 3.63) is 53.1 Å². The van der Waals surface area contributed by atoms with Gasteiger partial charge in [0.25, 0.3) is 0 Å². The number of nitrogens with two attached hydrogens (primary N) is 1. The van der Waals surface area contributed by atoms with E-state index < -0.39 is 0 Å². The standard InChI is InChI=1S/C17H12BrFN6/c1-25-8-13(12-5-11(19)2-3-14(12)25)16-15(23-24-17(20)22-16)9-4-10(18)7-21-6-9/h2-8H,1H3,(H2,20,22,24). The van der Waals surface area contributed by atoms with Crippen molar-refractivity contribution in [2.45, 2.75) is 0 Å². The van der Waals surface area contributed by atoms with Gasteiger partial charge in [0.2, 0.25) is 5.95 Å². The topological polar surface area (TPSA) is 82.5 Å². The Morgan fingerprint density at radius 3 is 2.76 bits per heavy atom. The van der Waals surface area contributed by atoms with Gasteiger partial charge in [0, 0.05) is 52.1 Å². The van der Waals surface area contributed by atoms with E-state index in [2.05, 4.69) is 36.1 Å². The van der Waals surface area contributed by atoms with E-state index in [1.165, 1.54) is 12.1 Å². The molecule has 0 radical (unpaired) electrons. The SMILES string of the molecule is Cn1cc(-c2nc(N)nnc2-c2cncc(Br)c2)c2cc(F)ccc21. The number of nitrogen functional groups attached to an aromatic ring is 1. The third kappa shape index (κ3) is 2.74. The van der Waals surface area contributed by atoms with E-state index in [0.717, 1.165) is 26.5 Å². The molecule has 4 aromatic rings. The Bertz CT molecular complexity index is 1110. The minimum Gasteiger partial charge on any atom is -0.366 e. The highest BCUT2D eigenvalue weighted by Crippen LogP contribution is 2.35. The summed E-state index contributed by atoms with van der Waals surface area (Å²) in [5.74, 6) is -0.268. The van der Waals surface area contributed by atoms with Crippen LogP contribution in [0.1, 0.15) is 0 Å². The van der Waals surface area contributed by atoms with Gasteiger partial charge in [-0.3, -0.25) is 4.98 Å². The lowest BCUT2D eigenvalue weighted by Crippen LogP contribution is -2.02. The van der Waals surface area contributed by atoms with Gasteiger partial charge >= 0.3 is 0 Å². The molecule has 1 aromatic carbocycles. The zero-order valence-corrected chi connectivity index (χ0v) is 14.7. The zero-order valence-electron chi connectivity index (χ0n) is 13.1. The molecule has 3 aromatic heterocycles. The fourth-order valence-corrected chi connectivity index (χ4v) is 3.18. The van der Waals surface area contributed by atoms with Gasteiger partial charge in [0.05, 0.1) is 0 Å². The maximum atomic E-state index is 13.8. The number of hydrogen-bond acceptors (Lipinski definition) is 5. The lowest BCUT2D eigenvalue weighted by atomic mass is 10.0. The number of fused-ring (bicyclic) bond motifs is 1. The molecule has 8 heteroatoms. The molecule has 0 spiro atoms. The molecule has 4 rings (SSSR count). The lowest BCUT2D eigenvalue weighted by Gasteiger charge is -2.07. The molecule has 2 N–H and O–H groups in total. The van der Waals surface area contributed by atoms with Crippen LogP contribution >= 0.6 is 15.9 Å². The first-order chi connectivity index (χ1) is 12.0. The van der Waals surface area contributed by atoms with Gasteiger partial charge in [-0.2, -0.15) is 0 Å². The van der Waals surface area contributed by atoms with Gasteiger partial charge in [-0.05, 0) is 40.2 Å². The summed E-state index contributed by atoms with van der Waals surface area (Å²) in [6.07, 6.45) is 5.22. The van der Waals surface area contributed by atoms with Crippen molar-refractivity contribution in [2.75, 3.05) is 5.73 Å². The summed E-state index contributed by atoms with van der Waals surface area (Å²) < 4.78 is 16.5. The normalized spacial score (nSPS) is 11.2. The van der Waals surface area contributed by atoms with Crippen LogP contribution in [0.25, 0.3) is 33.4 Å². The fourth-order valence-electron chi connectivity index (χ4n) is 2.82. The number of benzene rings is 1. The van der Waals surface area contributed by atoms with Gasteiger partial charge < -0.3 is 10.3 Å². The average Bonchev–Trinajstić information content (AvgIpc) is 2.91. The highest BCUT2D eigenvalue weighted by molar-refractivity contribution is 9.10. The molecule has 0 amide bonds. The molecule has 124 valence electrons. The first-order valence-corrected chi connectivity index (χ1v) is 8.18. The number of aromatic nitrogens is 5. The first kappa shape index (κ1) is 15.6. The molecule has 3 heterocycles. The fraction of sp³-hybridized carbons (Fsp3) is 0.0588. The summed E-state index contributed by atoms with van der Waals surface area (Å²) in [6, 6.07) is 6.50. The summed E-state index contributed by atoms with van der Waals surface area (Å²) in [6.45, 7) is 0. The molecule has 0 unspecified atom stereocenters. The van der Waals surface area contributed by atoms with Crippen molar-refractivity contribution in [1.29, 1.82) is 0 Å². The molecule has 25 heavy (non-hydrogen) atoms. The summed E-state index contributed by atoms with van der Waals surface area (Å²) in [5.41, 5.74) is 9.17. The van der Waals surface area contributed by atoms with Crippen molar-refractivity contribution < 1.29 is 4.39 Å². The Morgan fingerprint density at radius 2 is 1.96 bits per heavy atom. The van der Waals surface area contributed by atoms with Gasteiger partial charge in [-0.1, -0.05) is 0 Å². The van der Waals surface area contributed by atoms with Crippen LogP contribution in [0.2, 0.25) is 0 Å². The smallest absolute Gasteiger partial charge is 0.240 e. The summed E-state index contributed by atoms with van der Waals surface area (Å²) in [4.78, 5) is 8.53. The van der Waals surface area contributed by atoms with Crippen LogP contribution in [-0.4, -0.2) is 24.7 Å². The molecule has 0 aliphatic heterocycles. The molecule has 0 saturated heterocycles. The number of halogens is 2. The van der Waals surface area contributed by atoms with Crippen molar-refractivity contribution in [3.8, 4) is 22.5 Å². The lowest BCUT2D eigenvalue weighted by molar-refractivity contribution is 0.629. The second kappa shape index (κ2) is 5.89. The van der Waals surface area contributed by atoms with Crippen LogP contribution in [0, 0.1) is 5.82 Å². The Labute approximate surface area is 150 Å². The maximum absolute atomic E-state index is 13.8. The van der Waals surface area contributed by atoms with Gasteiger partial charge in [-0.25, -0.2) is 9.37 Å². The van der Waals surface area contributed by atoms with E-state index in [1.54, 1.807) is 18.5 Å². The van der Waals surface area contributed by atoms with Gasteiger partial charge in [-0.15, -0.1) is 10.2 Å². The van der Waals surface area contributed by atoms with Crippen molar-refractivity contribution in [2.24, 2.45) is 7.05 Å². The average molecular weight is 399 g/mol. The van der Waals surface area contributed by atoms with Gasteiger partial charge in [0.1, 0.15) is 17.2 Å². The number of nitrogens with zero attached hydrogens (tertiary/aromatic N) is 5. The Kier molecular flexibility index (Phi) is 3.69. The van der Waals surface area contributed by atoms with E-state index in [1.807, 2.05) is 23.9 Å². The van der Waals surface area contributed by atoms with Crippen molar-refractivity contribution >= 4 is 32.8 Å². The highest BCUT2D eigenvalue weighted by atomic mass is 79.9. The number of aryl methyl sites for hydroxylation is 1. The second-order valence-corrected chi connectivity index (χ2v) is 6.49. The minimum atomic E-state index is -0.319. The van der Waals surface area contributed by atoms with E-state index in [-0.39, 0.29) is 11.8 Å². The van der Waals surface area contributed by atoms with Crippen LogP contribution in [0.5, 0.6) is 0 Å². The predicted molar refractivity (Wildman–Crippen MR) is 97.0 cm³/mol. The van der Waals surface area contributed by atoms with Crippen LogP contribution in [0.3, 0.4) is 0 Å². The molecule has 0 fully saturated rings. The van der Waals surface area contributed by atoms with E-state index in [9.17, 15) is 4.39 Å². The molecular weight excluding hydrogens is 387 g/mol. The van der Waals surface area contributed by atoms with Crippen molar-refractivity contribution in [1.82, 2.24) is 24.7 Å². The number of rotatable bonds is 2. The zero-order chi connectivity index (χ0) is 17.6. The van der Waals surface area contributed by atoms with Gasteiger partial charge in [0.15, 0.2) is 0 Å². The largest absolute Gasteiger partial charge is 0.366 e. The molecule has 0 saturated carbocycles. The summed E-state index contributed by atoms with van der Waals surface area (Å²) >= 11 is 3.40. The quantitative estimate of drug-likeness (QED) is 0.557. The van der Waals surface area contributed by atoms with Crippen molar-refractivity contribution in [3.63, 3.8) is 0 Å². The predicted octanol–water partition coefficient (Wildman–Crippen LogP) is 3.58. The summed E-state index contributed by atoms with van der Waals surface area (Å²) in [5, 5.41) is 8.80. The molecule has 0 aliphatic rings. The Morgan fingerprint density at radius 1 is 1.12 bits per heavy atom. The maximum Gasteiger partial charge on any atom is 0.240 e. The number of pyridine rings is 1. The molecule has 0 atom stereocenters. The second-order valence-electron chi connectivity index (χ2n) is 5.57. The third-order valence-electron chi connectivity index (χ3n) is 3.89. The Balaban J connectivity index is 2.03. The van der Waals surface area contributed by atoms with E-state index in [0.29, 0.717) is 11.4 Å². The molecular formula is C17H12BrFN6. The number of anilines is 1. The monoisotopic (exact) mass is 398 g/mol. The van der Waals surface area contributed by atoms with Crippen LogP contribution in [-0.2, 0) is 7.05 Å². The molecule has 0 aliphatic carbocycles. The highest BCUT2D eigenvalue weighted by Gasteiger charge is 2.18. The van der Waals surface area contributed by atoms with Crippen LogP contribution in [0.4, 0.5) is 10.3 Å².